The quantitative estimate of drug-likeness (QED) is 0.898. The number of anilines is 1. The number of rotatable bonds is 2. The predicted molar refractivity (Wildman–Crippen MR) is 79.6 cm³/mol. The molecule has 1 N–H and O–H groups in total. The molecular formula is C16H22N2O2. The highest BCUT2D eigenvalue weighted by Gasteiger charge is 2.31. The Hall–Kier alpha value is -1.84. The van der Waals surface area contributed by atoms with Crippen molar-refractivity contribution in [1.82, 2.24) is 5.32 Å². The Labute approximate surface area is 120 Å². The van der Waals surface area contributed by atoms with Crippen LogP contribution < -0.4 is 10.2 Å². The summed E-state index contributed by atoms with van der Waals surface area (Å²) < 4.78 is 0. The molecule has 4 heteroatoms. The summed E-state index contributed by atoms with van der Waals surface area (Å²) in [7, 11) is 0. The van der Waals surface area contributed by atoms with E-state index in [4.69, 9.17) is 0 Å². The van der Waals surface area contributed by atoms with Crippen molar-refractivity contribution in [1.29, 1.82) is 0 Å². The van der Waals surface area contributed by atoms with E-state index < -0.39 is 5.41 Å². The summed E-state index contributed by atoms with van der Waals surface area (Å²) in [6, 6.07) is 8.08. The number of hydrogen-bond acceptors (Lipinski definition) is 2. The summed E-state index contributed by atoms with van der Waals surface area (Å²) in [5, 5.41) is 2.72. The largest absolute Gasteiger partial charge is 0.347 e. The first-order chi connectivity index (χ1) is 9.30. The summed E-state index contributed by atoms with van der Waals surface area (Å²) in [5.74, 6) is -0.161. The van der Waals surface area contributed by atoms with Crippen LogP contribution in [0, 0.1) is 5.41 Å². The number of amides is 2. The van der Waals surface area contributed by atoms with Crippen molar-refractivity contribution in [3.8, 4) is 0 Å². The molecule has 2 rings (SSSR count). The van der Waals surface area contributed by atoms with Gasteiger partial charge in [-0.05, 0) is 25.0 Å². The van der Waals surface area contributed by atoms with E-state index >= 15 is 0 Å². The Morgan fingerprint density at radius 1 is 1.30 bits per heavy atom. The van der Waals surface area contributed by atoms with Crippen LogP contribution in [0.2, 0.25) is 0 Å². The highest BCUT2D eigenvalue weighted by molar-refractivity contribution is 5.99. The molecule has 0 bridgehead atoms. The van der Waals surface area contributed by atoms with Gasteiger partial charge in [0.05, 0.1) is 6.54 Å². The fourth-order valence-electron chi connectivity index (χ4n) is 2.45. The molecular weight excluding hydrogens is 252 g/mol. The number of nitrogens with zero attached hydrogens (tertiary/aromatic N) is 1. The van der Waals surface area contributed by atoms with Crippen molar-refractivity contribution in [3.63, 3.8) is 0 Å². The van der Waals surface area contributed by atoms with Gasteiger partial charge >= 0.3 is 0 Å². The highest BCUT2D eigenvalue weighted by Crippen LogP contribution is 2.31. The molecule has 1 aliphatic heterocycles. The molecule has 0 aromatic heterocycles. The molecule has 108 valence electrons. The minimum Gasteiger partial charge on any atom is -0.347 e. The van der Waals surface area contributed by atoms with Gasteiger partial charge in [0.1, 0.15) is 0 Å². The lowest BCUT2D eigenvalue weighted by Gasteiger charge is -2.24. The number of carbonyl (C=O) groups excluding carboxylic acids is 2. The van der Waals surface area contributed by atoms with Crippen molar-refractivity contribution in [2.45, 2.75) is 40.2 Å². The molecule has 0 spiro atoms. The lowest BCUT2D eigenvalue weighted by molar-refractivity contribution is -0.130. The third-order valence-electron chi connectivity index (χ3n) is 3.56. The lowest BCUT2D eigenvalue weighted by atomic mass is 9.96. The molecule has 4 nitrogen and oxygen atoms in total. The molecule has 0 aliphatic carbocycles. The van der Waals surface area contributed by atoms with Crippen LogP contribution in [0.25, 0.3) is 0 Å². The molecule has 20 heavy (non-hydrogen) atoms. The molecule has 1 atom stereocenters. The monoisotopic (exact) mass is 274 g/mol. The lowest BCUT2D eigenvalue weighted by Crippen LogP contribution is -2.45. The summed E-state index contributed by atoms with van der Waals surface area (Å²) >= 11 is 0. The van der Waals surface area contributed by atoms with Gasteiger partial charge in [0.2, 0.25) is 11.8 Å². The normalized spacial score (nSPS) is 17.8. The van der Waals surface area contributed by atoms with Crippen LogP contribution >= 0.6 is 0 Å². The second-order valence-electron chi connectivity index (χ2n) is 6.38. The van der Waals surface area contributed by atoms with Crippen molar-refractivity contribution in [3.05, 3.63) is 29.8 Å². The Kier molecular flexibility index (Phi) is 3.84. The van der Waals surface area contributed by atoms with Crippen LogP contribution in [0.5, 0.6) is 0 Å². The maximum absolute atomic E-state index is 12.4. The van der Waals surface area contributed by atoms with Crippen LogP contribution in [-0.2, 0) is 16.0 Å². The number of hydrogen-bond donors (Lipinski definition) is 1. The molecule has 1 aliphatic rings. The number of nitrogens with one attached hydrogen (secondary N) is 1. The first-order valence-corrected chi connectivity index (χ1v) is 6.99. The Bertz CT molecular complexity index is 532. The summed E-state index contributed by atoms with van der Waals surface area (Å²) in [6.45, 7) is 7.58. The number of benzene rings is 1. The maximum Gasteiger partial charge on any atom is 0.246 e. The van der Waals surface area contributed by atoms with E-state index in [-0.39, 0.29) is 24.4 Å². The maximum atomic E-state index is 12.4. The zero-order valence-corrected chi connectivity index (χ0v) is 12.6. The third-order valence-corrected chi connectivity index (χ3v) is 3.56. The molecule has 1 aromatic rings. The fourth-order valence-corrected chi connectivity index (χ4v) is 2.45. The van der Waals surface area contributed by atoms with Gasteiger partial charge in [-0.15, -0.1) is 0 Å². The van der Waals surface area contributed by atoms with Gasteiger partial charge in [0, 0.05) is 17.1 Å². The van der Waals surface area contributed by atoms with Gasteiger partial charge in [0.15, 0.2) is 0 Å². The second kappa shape index (κ2) is 5.27. The van der Waals surface area contributed by atoms with Gasteiger partial charge in [0.25, 0.3) is 0 Å². The van der Waals surface area contributed by atoms with Gasteiger partial charge < -0.3 is 10.2 Å². The molecule has 0 saturated heterocycles. The van der Waals surface area contributed by atoms with Gasteiger partial charge in [-0.25, -0.2) is 0 Å². The van der Waals surface area contributed by atoms with Crippen molar-refractivity contribution >= 4 is 17.5 Å². The van der Waals surface area contributed by atoms with Crippen molar-refractivity contribution in [2.75, 3.05) is 11.4 Å². The summed E-state index contributed by atoms with van der Waals surface area (Å²) in [4.78, 5) is 26.0. The summed E-state index contributed by atoms with van der Waals surface area (Å²) in [6.07, 6.45) is 0.870. The highest BCUT2D eigenvalue weighted by atomic mass is 16.2. The molecule has 0 saturated carbocycles. The average Bonchev–Trinajstić information content (AvgIpc) is 2.70. The molecule has 2 amide bonds. The van der Waals surface area contributed by atoms with Crippen molar-refractivity contribution in [2.24, 2.45) is 5.41 Å². The molecule has 0 fully saturated rings. The van der Waals surface area contributed by atoms with E-state index in [1.165, 1.54) is 5.56 Å². The van der Waals surface area contributed by atoms with Gasteiger partial charge in [-0.2, -0.15) is 0 Å². The van der Waals surface area contributed by atoms with Gasteiger partial charge in [-0.3, -0.25) is 9.59 Å². The Morgan fingerprint density at radius 2 is 1.95 bits per heavy atom. The number of carbonyl (C=O) groups is 2. The fraction of sp³-hybridized carbons (Fsp3) is 0.500. The smallest absolute Gasteiger partial charge is 0.246 e. The molecule has 1 aromatic carbocycles. The minimum atomic E-state index is -0.477. The topological polar surface area (TPSA) is 49.4 Å². The minimum absolute atomic E-state index is 0.0504. The van der Waals surface area contributed by atoms with Crippen LogP contribution in [-0.4, -0.2) is 24.4 Å². The number of para-hydroxylation sites is 1. The molecule has 0 radical (unpaired) electrons. The zero-order valence-electron chi connectivity index (χ0n) is 12.6. The predicted octanol–water partition coefficient (Wildman–Crippen LogP) is 2.13. The van der Waals surface area contributed by atoms with Crippen molar-refractivity contribution < 1.29 is 9.59 Å². The summed E-state index contributed by atoms with van der Waals surface area (Å²) in [5.41, 5.74) is 1.68. The average molecular weight is 274 g/mol. The van der Waals surface area contributed by atoms with E-state index in [0.29, 0.717) is 0 Å². The first-order valence-electron chi connectivity index (χ1n) is 6.99. The molecule has 0 unspecified atom stereocenters. The van der Waals surface area contributed by atoms with Crippen LogP contribution in [0.1, 0.15) is 33.3 Å². The van der Waals surface area contributed by atoms with E-state index in [1.807, 2.05) is 52.0 Å². The Morgan fingerprint density at radius 3 is 2.60 bits per heavy atom. The third kappa shape index (κ3) is 2.84. The van der Waals surface area contributed by atoms with Gasteiger partial charge in [-0.1, -0.05) is 39.0 Å². The molecule has 1 heterocycles. The van der Waals surface area contributed by atoms with E-state index in [0.717, 1.165) is 12.1 Å². The number of fused-ring (bicyclic) bond motifs is 1. The zero-order chi connectivity index (χ0) is 14.9. The van der Waals surface area contributed by atoms with E-state index in [9.17, 15) is 9.59 Å². The SMILES string of the molecule is C[C@H]1Cc2ccccc2N1C(=O)CNC(=O)C(C)(C)C. The Balaban J connectivity index is 2.05. The van der Waals surface area contributed by atoms with Crippen LogP contribution in [0.3, 0.4) is 0 Å². The first kappa shape index (κ1) is 14.6. The van der Waals surface area contributed by atoms with E-state index in [1.54, 1.807) is 4.90 Å². The standard InChI is InChI=1S/C16H22N2O2/c1-11-9-12-7-5-6-8-13(12)18(11)14(19)10-17-15(20)16(2,3)4/h5-8,11H,9-10H2,1-4H3,(H,17,20)/t11-/m0/s1. The van der Waals surface area contributed by atoms with E-state index in [2.05, 4.69) is 5.32 Å². The second-order valence-corrected chi connectivity index (χ2v) is 6.38. The van der Waals surface area contributed by atoms with Crippen LogP contribution in [0.4, 0.5) is 5.69 Å². The van der Waals surface area contributed by atoms with Crippen LogP contribution in [0.15, 0.2) is 24.3 Å².